The van der Waals surface area contributed by atoms with Crippen molar-refractivity contribution in [3.05, 3.63) is 53.9 Å². The summed E-state index contributed by atoms with van der Waals surface area (Å²) in [7, 11) is -5.77. The number of benzene rings is 1. The Labute approximate surface area is 214 Å². The van der Waals surface area contributed by atoms with Crippen molar-refractivity contribution in [2.45, 2.75) is 69.3 Å². The minimum Gasteiger partial charge on any atom is -0.349 e. The maximum Gasteiger partial charge on any atom is 0.511 e. The molecule has 2 aliphatic rings. The standard InChI is InChI=1S/C25H32F4N4O3S/c26-20-8-6-18(7-9-20)16-21(32-37(35,36)25(27,28)29)23(34)33-14-10-24(11-15-33,17-22-30-12-13-31-22)19-4-2-1-3-5-19/h6-9,12-13,19,21,32H,1-5,10-11,14-17H2,(H,30,31)/t21-/m0/s1. The SMILES string of the molecule is O=C([C@H](Cc1ccc(F)cc1)NS(=O)(=O)C(F)(F)F)N1CCC(Cc2ncc[nH]2)(C2CCCCC2)CC1. The van der Waals surface area contributed by atoms with Crippen molar-refractivity contribution in [2.75, 3.05) is 13.1 Å². The van der Waals surface area contributed by atoms with Crippen LogP contribution in [0.25, 0.3) is 0 Å². The fraction of sp³-hybridized carbons (Fsp3) is 0.600. The summed E-state index contributed by atoms with van der Waals surface area (Å²) in [5.41, 5.74) is -5.31. The Hall–Kier alpha value is -2.47. The highest BCUT2D eigenvalue weighted by atomic mass is 32.2. The van der Waals surface area contributed by atoms with Gasteiger partial charge in [-0.3, -0.25) is 4.79 Å². The van der Waals surface area contributed by atoms with Crippen LogP contribution in [-0.4, -0.2) is 53.8 Å². The third kappa shape index (κ3) is 6.51. The number of nitrogens with zero attached hydrogens (tertiary/aromatic N) is 2. The molecule has 1 aliphatic carbocycles. The predicted octanol–water partition coefficient (Wildman–Crippen LogP) is 4.33. The highest BCUT2D eigenvalue weighted by Gasteiger charge is 2.49. The van der Waals surface area contributed by atoms with Gasteiger partial charge in [-0.25, -0.2) is 17.8 Å². The molecule has 1 amide bonds. The number of halogens is 4. The molecule has 1 saturated heterocycles. The fourth-order valence-electron chi connectivity index (χ4n) is 5.85. The van der Waals surface area contributed by atoms with E-state index >= 15 is 0 Å². The Morgan fingerprint density at radius 2 is 1.78 bits per heavy atom. The number of nitrogens with one attached hydrogen (secondary N) is 2. The summed E-state index contributed by atoms with van der Waals surface area (Å²) in [6, 6.07) is 3.22. The topological polar surface area (TPSA) is 95.2 Å². The molecule has 2 N–H and O–H groups in total. The van der Waals surface area contributed by atoms with E-state index in [4.69, 9.17) is 0 Å². The number of carbonyl (C=O) groups is 1. The summed E-state index contributed by atoms with van der Waals surface area (Å²) in [4.78, 5) is 22.4. The molecule has 1 atom stereocenters. The van der Waals surface area contributed by atoms with Gasteiger partial charge in [0.15, 0.2) is 0 Å². The van der Waals surface area contributed by atoms with Crippen LogP contribution in [0.2, 0.25) is 0 Å². The molecule has 1 saturated carbocycles. The van der Waals surface area contributed by atoms with Gasteiger partial charge in [0, 0.05) is 31.9 Å². The highest BCUT2D eigenvalue weighted by Crippen LogP contribution is 2.47. The summed E-state index contributed by atoms with van der Waals surface area (Å²) in [6.45, 7) is 0.618. The number of hydrogen-bond donors (Lipinski definition) is 2. The number of rotatable bonds is 8. The maximum atomic E-state index is 13.4. The molecule has 7 nitrogen and oxygen atoms in total. The van der Waals surface area contributed by atoms with Crippen molar-refractivity contribution in [2.24, 2.45) is 11.3 Å². The van der Waals surface area contributed by atoms with Gasteiger partial charge >= 0.3 is 15.5 Å². The van der Waals surface area contributed by atoms with Crippen LogP contribution < -0.4 is 4.72 Å². The van der Waals surface area contributed by atoms with Crippen LogP contribution in [0, 0.1) is 17.2 Å². The summed E-state index contributed by atoms with van der Waals surface area (Å²) in [5.74, 6) is 0.0707. The van der Waals surface area contributed by atoms with Gasteiger partial charge in [0.25, 0.3) is 0 Å². The number of aromatic nitrogens is 2. The first-order valence-corrected chi connectivity index (χ1v) is 14.1. The number of H-pyrrole nitrogens is 1. The Morgan fingerprint density at radius 3 is 2.35 bits per heavy atom. The molecule has 0 unspecified atom stereocenters. The number of sulfonamides is 1. The van der Waals surface area contributed by atoms with E-state index in [-0.39, 0.29) is 11.8 Å². The maximum absolute atomic E-state index is 13.4. The van der Waals surface area contributed by atoms with Crippen LogP contribution in [0.5, 0.6) is 0 Å². The lowest BCUT2D eigenvalue weighted by Gasteiger charge is -2.48. The van der Waals surface area contributed by atoms with Gasteiger partial charge in [0.05, 0.1) is 0 Å². The number of amides is 1. The van der Waals surface area contributed by atoms with Crippen LogP contribution in [0.3, 0.4) is 0 Å². The van der Waals surface area contributed by atoms with E-state index in [0.717, 1.165) is 50.1 Å². The fourth-order valence-corrected chi connectivity index (χ4v) is 6.55. The summed E-state index contributed by atoms with van der Waals surface area (Å²) in [5, 5.41) is 0. The smallest absolute Gasteiger partial charge is 0.349 e. The van der Waals surface area contributed by atoms with Crippen molar-refractivity contribution < 1.29 is 30.8 Å². The average Bonchev–Trinajstić information content (AvgIpc) is 3.37. The normalized spacial score (nSPS) is 20.1. The monoisotopic (exact) mass is 544 g/mol. The van der Waals surface area contributed by atoms with Crippen LogP contribution in [-0.2, 0) is 27.7 Å². The Morgan fingerprint density at radius 1 is 1.14 bits per heavy atom. The molecule has 2 aromatic rings. The molecule has 0 bridgehead atoms. The molecular weight excluding hydrogens is 512 g/mol. The van der Waals surface area contributed by atoms with Gasteiger partial charge in [0.2, 0.25) is 5.91 Å². The number of carbonyl (C=O) groups excluding carboxylic acids is 1. The van der Waals surface area contributed by atoms with Crippen LogP contribution in [0.1, 0.15) is 56.3 Å². The molecule has 0 radical (unpaired) electrons. The number of aromatic amines is 1. The van der Waals surface area contributed by atoms with Gasteiger partial charge in [-0.15, -0.1) is 0 Å². The summed E-state index contributed by atoms with van der Waals surface area (Å²) in [6.07, 6.45) is 10.8. The third-order valence-electron chi connectivity index (χ3n) is 7.87. The molecule has 1 aromatic carbocycles. The molecule has 4 rings (SSSR count). The molecule has 204 valence electrons. The Bertz CT molecular complexity index is 1140. The van der Waals surface area contributed by atoms with E-state index in [2.05, 4.69) is 9.97 Å². The zero-order valence-electron chi connectivity index (χ0n) is 20.4. The largest absolute Gasteiger partial charge is 0.511 e. The molecule has 2 heterocycles. The molecule has 2 fully saturated rings. The lowest BCUT2D eigenvalue weighted by atomic mass is 9.62. The van der Waals surface area contributed by atoms with Gasteiger partial charge < -0.3 is 9.88 Å². The highest BCUT2D eigenvalue weighted by molar-refractivity contribution is 7.90. The lowest BCUT2D eigenvalue weighted by Crippen LogP contribution is -2.55. The first-order chi connectivity index (χ1) is 17.5. The van der Waals surface area contributed by atoms with Crippen molar-refractivity contribution >= 4 is 15.9 Å². The zero-order valence-corrected chi connectivity index (χ0v) is 21.3. The second-order valence-corrected chi connectivity index (χ2v) is 11.9. The van der Waals surface area contributed by atoms with Crippen molar-refractivity contribution in [1.82, 2.24) is 19.6 Å². The minimum atomic E-state index is -5.77. The molecular formula is C25H32F4N4O3S. The van der Waals surface area contributed by atoms with E-state index in [9.17, 15) is 30.8 Å². The number of hydrogen-bond acceptors (Lipinski definition) is 4. The lowest BCUT2D eigenvalue weighted by molar-refractivity contribution is -0.136. The number of imidazole rings is 1. The van der Waals surface area contributed by atoms with Crippen LogP contribution in [0.4, 0.5) is 17.6 Å². The second kappa shape index (κ2) is 11.1. The van der Waals surface area contributed by atoms with E-state index in [1.807, 2.05) is 0 Å². The predicted molar refractivity (Wildman–Crippen MR) is 129 cm³/mol. The average molecular weight is 545 g/mol. The Kier molecular flexibility index (Phi) is 8.27. The number of likely N-dealkylation sites (tertiary alicyclic amines) is 1. The second-order valence-electron chi connectivity index (χ2n) is 10.2. The molecule has 1 aromatic heterocycles. The van der Waals surface area contributed by atoms with Crippen molar-refractivity contribution in [3.8, 4) is 0 Å². The third-order valence-corrected chi connectivity index (χ3v) is 9.07. The van der Waals surface area contributed by atoms with E-state index in [0.29, 0.717) is 37.4 Å². The van der Waals surface area contributed by atoms with Crippen LogP contribution in [0.15, 0.2) is 36.7 Å². The first kappa shape index (κ1) is 27.6. The number of piperidine rings is 1. The van der Waals surface area contributed by atoms with E-state index in [1.165, 1.54) is 23.5 Å². The first-order valence-electron chi connectivity index (χ1n) is 12.6. The Balaban J connectivity index is 1.52. The van der Waals surface area contributed by atoms with E-state index < -0.39 is 33.3 Å². The van der Waals surface area contributed by atoms with Crippen molar-refractivity contribution in [1.29, 1.82) is 0 Å². The van der Waals surface area contributed by atoms with Gasteiger partial charge in [-0.2, -0.15) is 17.9 Å². The zero-order chi connectivity index (χ0) is 26.7. The van der Waals surface area contributed by atoms with Gasteiger partial charge in [-0.1, -0.05) is 31.4 Å². The van der Waals surface area contributed by atoms with Gasteiger partial charge in [-0.05, 0) is 61.1 Å². The van der Waals surface area contributed by atoms with Crippen LogP contribution >= 0.6 is 0 Å². The molecule has 1 aliphatic heterocycles. The summed E-state index contributed by atoms with van der Waals surface area (Å²) < 4.78 is 78.1. The van der Waals surface area contributed by atoms with Crippen molar-refractivity contribution in [3.63, 3.8) is 0 Å². The van der Waals surface area contributed by atoms with Gasteiger partial charge in [0.1, 0.15) is 17.7 Å². The quantitative estimate of drug-likeness (QED) is 0.484. The number of alkyl halides is 3. The molecule has 0 spiro atoms. The van der Waals surface area contributed by atoms with E-state index in [1.54, 1.807) is 17.1 Å². The summed E-state index contributed by atoms with van der Waals surface area (Å²) >= 11 is 0. The molecule has 37 heavy (non-hydrogen) atoms. The minimum absolute atomic E-state index is 0.0903. The molecule has 12 heteroatoms.